The van der Waals surface area contributed by atoms with Gasteiger partial charge in [-0.1, -0.05) is 29.8 Å². The molecule has 0 bridgehead atoms. The van der Waals surface area contributed by atoms with Crippen LogP contribution < -0.4 is 5.32 Å². The summed E-state index contributed by atoms with van der Waals surface area (Å²) in [6, 6.07) is 7.76. The van der Waals surface area contributed by atoms with E-state index >= 15 is 0 Å². The van der Waals surface area contributed by atoms with E-state index in [1.54, 1.807) is 17.4 Å². The summed E-state index contributed by atoms with van der Waals surface area (Å²) in [5.41, 5.74) is 2.05. The van der Waals surface area contributed by atoms with Gasteiger partial charge in [0.25, 0.3) is 0 Å². The molecule has 0 aliphatic rings. The maximum absolute atomic E-state index is 11.7. The number of likely N-dealkylation sites (N-methyl/N-ethyl adjacent to an activating group) is 1. The molecule has 2 rings (SSSR count). The Bertz CT molecular complexity index is 665. The van der Waals surface area contributed by atoms with Crippen molar-refractivity contribution in [3.05, 3.63) is 63.1 Å². The van der Waals surface area contributed by atoms with Crippen LogP contribution in [0.4, 0.5) is 0 Å². The first-order valence-electron chi connectivity index (χ1n) is 7.30. The number of carbonyl (C=O) groups is 1. The van der Waals surface area contributed by atoms with E-state index in [4.69, 9.17) is 11.6 Å². The van der Waals surface area contributed by atoms with Crippen LogP contribution in [-0.2, 0) is 17.8 Å². The van der Waals surface area contributed by atoms with E-state index in [0.29, 0.717) is 6.54 Å². The van der Waals surface area contributed by atoms with Crippen LogP contribution in [0.2, 0.25) is 5.02 Å². The molecular formula is C17H20ClN3OS. The Morgan fingerprint density at radius 3 is 2.78 bits per heavy atom. The van der Waals surface area contributed by atoms with Gasteiger partial charge in [0, 0.05) is 29.4 Å². The van der Waals surface area contributed by atoms with E-state index in [1.807, 2.05) is 54.7 Å². The number of aromatic nitrogens is 1. The lowest BCUT2D eigenvalue weighted by molar-refractivity contribution is -0.116. The van der Waals surface area contributed by atoms with Crippen LogP contribution in [0.5, 0.6) is 0 Å². The molecule has 0 radical (unpaired) electrons. The third-order valence-electron chi connectivity index (χ3n) is 3.05. The third-order valence-corrected chi connectivity index (χ3v) is 4.20. The van der Waals surface area contributed by atoms with Gasteiger partial charge in [0.2, 0.25) is 5.91 Å². The van der Waals surface area contributed by atoms with Gasteiger partial charge in [-0.2, -0.15) is 0 Å². The largest absolute Gasteiger partial charge is 0.347 e. The molecule has 0 aliphatic heterocycles. The van der Waals surface area contributed by atoms with Crippen molar-refractivity contribution in [2.75, 3.05) is 20.6 Å². The standard InChI is InChI=1S/C17H20ClN3OS/c1-21(2)9-3-4-16(22)19-11-15-12-23-17(20-15)10-13-5-7-14(18)8-6-13/h3-8,12H,9-11H2,1-2H3,(H,19,22)/b4-3+. The van der Waals surface area contributed by atoms with Gasteiger partial charge >= 0.3 is 0 Å². The third kappa shape index (κ3) is 6.52. The fourth-order valence-corrected chi connectivity index (χ4v) is 2.85. The summed E-state index contributed by atoms with van der Waals surface area (Å²) >= 11 is 7.48. The lowest BCUT2D eigenvalue weighted by Crippen LogP contribution is -2.21. The molecule has 122 valence electrons. The molecule has 0 spiro atoms. The summed E-state index contributed by atoms with van der Waals surface area (Å²) < 4.78 is 0. The minimum atomic E-state index is -0.0981. The van der Waals surface area contributed by atoms with E-state index in [1.165, 1.54) is 5.56 Å². The zero-order valence-electron chi connectivity index (χ0n) is 13.3. The first-order valence-corrected chi connectivity index (χ1v) is 8.55. The maximum atomic E-state index is 11.7. The smallest absolute Gasteiger partial charge is 0.244 e. The van der Waals surface area contributed by atoms with Crippen molar-refractivity contribution in [1.82, 2.24) is 15.2 Å². The lowest BCUT2D eigenvalue weighted by Gasteiger charge is -2.03. The van der Waals surface area contributed by atoms with Gasteiger partial charge in [0.05, 0.1) is 17.2 Å². The van der Waals surface area contributed by atoms with Gasteiger partial charge < -0.3 is 10.2 Å². The summed E-state index contributed by atoms with van der Waals surface area (Å²) in [5.74, 6) is -0.0981. The van der Waals surface area contributed by atoms with Gasteiger partial charge in [0.15, 0.2) is 0 Å². The van der Waals surface area contributed by atoms with Gasteiger partial charge in [-0.15, -0.1) is 11.3 Å². The first kappa shape index (κ1) is 17.7. The van der Waals surface area contributed by atoms with Crippen molar-refractivity contribution in [3.63, 3.8) is 0 Å². The summed E-state index contributed by atoms with van der Waals surface area (Å²) in [6.07, 6.45) is 4.17. The maximum Gasteiger partial charge on any atom is 0.244 e. The zero-order valence-corrected chi connectivity index (χ0v) is 14.8. The quantitative estimate of drug-likeness (QED) is 0.781. The average Bonchev–Trinajstić information content (AvgIpc) is 2.95. The topological polar surface area (TPSA) is 45.2 Å². The molecule has 0 fully saturated rings. The van der Waals surface area contributed by atoms with Crippen molar-refractivity contribution in [2.24, 2.45) is 0 Å². The Kier molecular flexibility index (Phi) is 6.77. The summed E-state index contributed by atoms with van der Waals surface area (Å²) in [7, 11) is 3.92. The van der Waals surface area contributed by atoms with E-state index in [2.05, 4.69) is 10.3 Å². The molecule has 1 amide bonds. The number of nitrogens with zero attached hydrogens (tertiary/aromatic N) is 2. The second kappa shape index (κ2) is 8.82. The van der Waals surface area contributed by atoms with Gasteiger partial charge in [-0.05, 0) is 31.8 Å². The fourth-order valence-electron chi connectivity index (χ4n) is 1.90. The van der Waals surface area contributed by atoms with Crippen LogP contribution in [0.1, 0.15) is 16.3 Å². The minimum Gasteiger partial charge on any atom is -0.347 e. The molecule has 1 aromatic heterocycles. The van der Waals surface area contributed by atoms with Crippen LogP contribution in [0.3, 0.4) is 0 Å². The number of carbonyl (C=O) groups excluding carboxylic acids is 1. The van der Waals surface area contributed by atoms with Crippen LogP contribution >= 0.6 is 22.9 Å². The van der Waals surface area contributed by atoms with Crippen molar-refractivity contribution >= 4 is 28.8 Å². The highest BCUT2D eigenvalue weighted by Crippen LogP contribution is 2.16. The van der Waals surface area contributed by atoms with E-state index < -0.39 is 0 Å². The summed E-state index contributed by atoms with van der Waals surface area (Å²) in [6.45, 7) is 1.19. The van der Waals surface area contributed by atoms with Crippen molar-refractivity contribution in [3.8, 4) is 0 Å². The Morgan fingerprint density at radius 2 is 2.09 bits per heavy atom. The number of nitrogens with one attached hydrogen (secondary N) is 1. The normalized spacial score (nSPS) is 11.3. The predicted molar refractivity (Wildman–Crippen MR) is 95.9 cm³/mol. The molecule has 23 heavy (non-hydrogen) atoms. The molecule has 4 nitrogen and oxygen atoms in total. The van der Waals surface area contributed by atoms with Crippen LogP contribution in [-0.4, -0.2) is 36.4 Å². The van der Waals surface area contributed by atoms with Crippen LogP contribution in [0.15, 0.2) is 41.8 Å². The Hall–Kier alpha value is -1.69. The monoisotopic (exact) mass is 349 g/mol. The fraction of sp³-hybridized carbons (Fsp3) is 0.294. The van der Waals surface area contributed by atoms with Crippen LogP contribution in [0, 0.1) is 0 Å². The molecular weight excluding hydrogens is 330 g/mol. The molecule has 0 saturated carbocycles. The molecule has 0 saturated heterocycles. The second-order valence-electron chi connectivity index (χ2n) is 5.42. The molecule has 1 aromatic carbocycles. The minimum absolute atomic E-state index is 0.0981. The van der Waals surface area contributed by atoms with Crippen molar-refractivity contribution in [2.45, 2.75) is 13.0 Å². The molecule has 0 atom stereocenters. The summed E-state index contributed by atoms with van der Waals surface area (Å²) in [4.78, 5) is 18.2. The van der Waals surface area contributed by atoms with Crippen molar-refractivity contribution in [1.29, 1.82) is 0 Å². The predicted octanol–water partition coefficient (Wildman–Crippen LogP) is 3.12. The number of hydrogen-bond donors (Lipinski definition) is 1. The number of amides is 1. The van der Waals surface area contributed by atoms with Gasteiger partial charge in [0.1, 0.15) is 0 Å². The summed E-state index contributed by atoms with van der Waals surface area (Å²) in [5, 5.41) is 6.58. The number of rotatable bonds is 7. The average molecular weight is 350 g/mol. The van der Waals surface area contributed by atoms with Crippen molar-refractivity contribution < 1.29 is 4.79 Å². The molecule has 2 aromatic rings. The first-order chi connectivity index (χ1) is 11.0. The number of halogens is 1. The highest BCUT2D eigenvalue weighted by molar-refractivity contribution is 7.09. The Morgan fingerprint density at radius 1 is 1.35 bits per heavy atom. The van der Waals surface area contributed by atoms with Crippen LogP contribution in [0.25, 0.3) is 0 Å². The highest BCUT2D eigenvalue weighted by atomic mass is 35.5. The number of benzene rings is 1. The zero-order chi connectivity index (χ0) is 16.7. The Balaban J connectivity index is 1.81. The SMILES string of the molecule is CN(C)C/C=C/C(=O)NCc1csc(Cc2ccc(Cl)cc2)n1. The van der Waals surface area contributed by atoms with Gasteiger partial charge in [-0.3, -0.25) is 4.79 Å². The Labute approximate surface area is 145 Å². The number of hydrogen-bond acceptors (Lipinski definition) is 4. The highest BCUT2D eigenvalue weighted by Gasteiger charge is 2.04. The van der Waals surface area contributed by atoms with E-state index in [-0.39, 0.29) is 5.91 Å². The molecule has 0 unspecified atom stereocenters. The number of thiazole rings is 1. The van der Waals surface area contributed by atoms with E-state index in [0.717, 1.165) is 28.7 Å². The van der Waals surface area contributed by atoms with E-state index in [9.17, 15) is 4.79 Å². The molecule has 6 heteroatoms. The second-order valence-corrected chi connectivity index (χ2v) is 6.80. The molecule has 0 aliphatic carbocycles. The lowest BCUT2D eigenvalue weighted by atomic mass is 10.2. The van der Waals surface area contributed by atoms with Gasteiger partial charge in [-0.25, -0.2) is 4.98 Å². The molecule has 1 N–H and O–H groups in total. The molecule has 1 heterocycles.